The van der Waals surface area contributed by atoms with E-state index in [0.29, 0.717) is 22.1 Å². The van der Waals surface area contributed by atoms with Crippen LogP contribution in [0.3, 0.4) is 0 Å². The first-order valence-corrected chi connectivity index (χ1v) is 8.59. The average molecular weight is 381 g/mol. The van der Waals surface area contributed by atoms with Crippen LogP contribution in [0, 0.1) is 6.92 Å². The van der Waals surface area contributed by atoms with Gasteiger partial charge in [-0.2, -0.15) is 0 Å². The Bertz CT molecular complexity index is 986. The molecule has 27 heavy (non-hydrogen) atoms. The van der Waals surface area contributed by atoms with Gasteiger partial charge in [0.25, 0.3) is 5.91 Å². The molecule has 0 saturated heterocycles. The van der Waals surface area contributed by atoms with E-state index in [1.54, 1.807) is 42.5 Å². The number of hydrogen-bond donors (Lipinski definition) is 2. The molecule has 7 heteroatoms. The van der Waals surface area contributed by atoms with Gasteiger partial charge in [-0.1, -0.05) is 17.7 Å². The second kappa shape index (κ2) is 7.97. The molecule has 136 valence electrons. The third-order valence-electron chi connectivity index (χ3n) is 3.91. The third kappa shape index (κ3) is 4.68. The highest BCUT2D eigenvalue weighted by Crippen LogP contribution is 2.23. The summed E-state index contributed by atoms with van der Waals surface area (Å²) in [5, 5.41) is 14.4. The van der Waals surface area contributed by atoms with Crippen molar-refractivity contribution in [2.45, 2.75) is 13.8 Å². The lowest BCUT2D eigenvalue weighted by Gasteiger charge is -2.09. The summed E-state index contributed by atoms with van der Waals surface area (Å²) in [5.41, 5.74) is 3.17. The first-order chi connectivity index (χ1) is 12.9. The van der Waals surface area contributed by atoms with Crippen LogP contribution in [-0.2, 0) is 0 Å². The molecule has 6 nitrogen and oxygen atoms in total. The van der Waals surface area contributed by atoms with E-state index in [-0.39, 0.29) is 17.4 Å². The van der Waals surface area contributed by atoms with Gasteiger partial charge in [0.05, 0.1) is 0 Å². The van der Waals surface area contributed by atoms with Gasteiger partial charge in [-0.3, -0.25) is 9.59 Å². The van der Waals surface area contributed by atoms with Crippen LogP contribution in [0.25, 0.3) is 0 Å². The maximum atomic E-state index is 12.3. The zero-order valence-corrected chi connectivity index (χ0v) is 15.5. The monoisotopic (exact) mass is 380 g/mol. The lowest BCUT2D eigenvalue weighted by molar-refractivity contribution is 0.101. The fourth-order valence-electron chi connectivity index (χ4n) is 2.37. The number of carbonyl (C=O) groups is 2. The number of aryl methyl sites for hydroxylation is 1. The normalized spacial score (nSPS) is 10.3. The molecule has 0 aliphatic carbocycles. The maximum Gasteiger partial charge on any atom is 0.276 e. The Morgan fingerprint density at radius 1 is 0.963 bits per heavy atom. The number of hydrogen-bond acceptors (Lipinski definition) is 5. The Balaban J connectivity index is 1.68. The van der Waals surface area contributed by atoms with E-state index in [1.165, 1.54) is 6.92 Å². The van der Waals surface area contributed by atoms with Crippen LogP contribution in [0.15, 0.2) is 54.6 Å². The van der Waals surface area contributed by atoms with Crippen molar-refractivity contribution in [3.05, 3.63) is 76.4 Å². The lowest BCUT2D eigenvalue weighted by atomic mass is 10.1. The van der Waals surface area contributed by atoms with Crippen molar-refractivity contribution in [1.82, 2.24) is 10.2 Å². The average Bonchev–Trinajstić information content (AvgIpc) is 2.65. The second-order valence-electron chi connectivity index (χ2n) is 5.98. The molecule has 0 bridgehead atoms. The Kier molecular flexibility index (Phi) is 5.47. The van der Waals surface area contributed by atoms with E-state index < -0.39 is 0 Å². The molecule has 1 heterocycles. The molecule has 0 fully saturated rings. The van der Waals surface area contributed by atoms with Crippen molar-refractivity contribution in [3.8, 4) is 0 Å². The topological polar surface area (TPSA) is 84.0 Å². The number of Topliss-reactive ketones (excluding diaryl/α,β-unsaturated/α-hetero) is 1. The predicted octanol–water partition coefficient (Wildman–Crippen LogP) is 4.64. The van der Waals surface area contributed by atoms with Gasteiger partial charge in [-0.25, -0.2) is 0 Å². The summed E-state index contributed by atoms with van der Waals surface area (Å²) < 4.78 is 0. The summed E-state index contributed by atoms with van der Waals surface area (Å²) in [4.78, 5) is 23.6. The van der Waals surface area contributed by atoms with Gasteiger partial charge in [0, 0.05) is 22.0 Å². The molecule has 3 aromatic rings. The second-order valence-corrected chi connectivity index (χ2v) is 6.41. The zero-order valence-electron chi connectivity index (χ0n) is 14.8. The predicted molar refractivity (Wildman–Crippen MR) is 106 cm³/mol. The van der Waals surface area contributed by atoms with Crippen molar-refractivity contribution < 1.29 is 9.59 Å². The number of ketones is 1. The lowest BCUT2D eigenvalue weighted by Crippen LogP contribution is -2.14. The number of amides is 1. The van der Waals surface area contributed by atoms with Gasteiger partial charge in [-0.15, -0.1) is 10.2 Å². The molecular weight excluding hydrogens is 364 g/mol. The van der Waals surface area contributed by atoms with Gasteiger partial charge in [0.15, 0.2) is 17.3 Å². The molecule has 1 amide bonds. The SMILES string of the molecule is CC(=O)c1ccc(NC(=O)c2ccc(Nc3cc(Cl)ccc3C)nn2)cc1. The fraction of sp³-hybridized carbons (Fsp3) is 0.100. The Morgan fingerprint density at radius 3 is 2.33 bits per heavy atom. The minimum absolute atomic E-state index is 0.0308. The van der Waals surface area contributed by atoms with Crippen LogP contribution in [0.5, 0.6) is 0 Å². The van der Waals surface area contributed by atoms with Crippen LogP contribution >= 0.6 is 11.6 Å². The van der Waals surface area contributed by atoms with Crippen molar-refractivity contribution in [1.29, 1.82) is 0 Å². The molecule has 0 atom stereocenters. The quantitative estimate of drug-likeness (QED) is 0.630. The molecule has 3 rings (SSSR count). The van der Waals surface area contributed by atoms with Crippen LogP contribution in [-0.4, -0.2) is 21.9 Å². The van der Waals surface area contributed by atoms with E-state index in [1.807, 2.05) is 19.1 Å². The number of nitrogens with one attached hydrogen (secondary N) is 2. The molecule has 0 unspecified atom stereocenters. The molecule has 0 saturated carbocycles. The highest BCUT2D eigenvalue weighted by atomic mass is 35.5. The van der Waals surface area contributed by atoms with Gasteiger partial charge in [-0.05, 0) is 67.9 Å². The van der Waals surface area contributed by atoms with Gasteiger partial charge in [0.2, 0.25) is 0 Å². The number of benzene rings is 2. The summed E-state index contributed by atoms with van der Waals surface area (Å²) in [7, 11) is 0. The van der Waals surface area contributed by atoms with Crippen LogP contribution in [0.1, 0.15) is 33.3 Å². The molecular formula is C20H17ClN4O2. The van der Waals surface area contributed by atoms with Crippen molar-refractivity contribution in [2.75, 3.05) is 10.6 Å². The number of rotatable bonds is 5. The van der Waals surface area contributed by atoms with Gasteiger partial charge < -0.3 is 10.6 Å². The largest absolute Gasteiger partial charge is 0.338 e. The molecule has 1 aromatic heterocycles. The molecule has 0 aliphatic heterocycles. The Labute approximate surface area is 161 Å². The number of anilines is 3. The number of nitrogens with zero attached hydrogens (tertiary/aromatic N) is 2. The van der Waals surface area contributed by atoms with E-state index in [9.17, 15) is 9.59 Å². The van der Waals surface area contributed by atoms with E-state index >= 15 is 0 Å². The molecule has 0 spiro atoms. The summed E-state index contributed by atoms with van der Waals surface area (Å²) in [6.07, 6.45) is 0. The molecule has 0 aliphatic rings. The Hall–Kier alpha value is -3.25. The number of carbonyl (C=O) groups excluding carboxylic acids is 2. The number of halogens is 1. The molecule has 2 N–H and O–H groups in total. The Morgan fingerprint density at radius 2 is 1.70 bits per heavy atom. The van der Waals surface area contributed by atoms with Gasteiger partial charge >= 0.3 is 0 Å². The standard InChI is InChI=1S/C20H17ClN4O2/c1-12-3-6-15(21)11-18(12)23-19-10-9-17(24-25-19)20(27)22-16-7-4-14(5-8-16)13(2)26/h3-11H,1-2H3,(H,22,27)(H,23,25). The van der Waals surface area contributed by atoms with Crippen molar-refractivity contribution in [2.24, 2.45) is 0 Å². The van der Waals surface area contributed by atoms with Crippen LogP contribution in [0.4, 0.5) is 17.2 Å². The maximum absolute atomic E-state index is 12.3. The smallest absolute Gasteiger partial charge is 0.276 e. The van der Waals surface area contributed by atoms with Crippen LogP contribution in [0.2, 0.25) is 5.02 Å². The van der Waals surface area contributed by atoms with E-state index in [4.69, 9.17) is 11.6 Å². The summed E-state index contributed by atoms with van der Waals surface area (Å²) >= 11 is 6.01. The highest BCUT2D eigenvalue weighted by molar-refractivity contribution is 6.30. The minimum atomic E-state index is -0.386. The number of aromatic nitrogens is 2. The summed E-state index contributed by atoms with van der Waals surface area (Å²) in [5.74, 6) is 0.0862. The fourth-order valence-corrected chi connectivity index (χ4v) is 2.54. The van der Waals surface area contributed by atoms with Crippen LogP contribution < -0.4 is 10.6 Å². The third-order valence-corrected chi connectivity index (χ3v) is 4.14. The van der Waals surface area contributed by atoms with E-state index in [0.717, 1.165) is 11.3 Å². The van der Waals surface area contributed by atoms with E-state index in [2.05, 4.69) is 20.8 Å². The summed E-state index contributed by atoms with van der Waals surface area (Å²) in [6.45, 7) is 3.44. The highest BCUT2D eigenvalue weighted by Gasteiger charge is 2.10. The first-order valence-electron chi connectivity index (χ1n) is 8.21. The van der Waals surface area contributed by atoms with Gasteiger partial charge in [0.1, 0.15) is 0 Å². The molecule has 2 aromatic carbocycles. The minimum Gasteiger partial charge on any atom is -0.338 e. The zero-order chi connectivity index (χ0) is 19.4. The van der Waals surface area contributed by atoms with Crippen molar-refractivity contribution >= 4 is 40.5 Å². The first kappa shape index (κ1) is 18.5. The van der Waals surface area contributed by atoms with Crippen molar-refractivity contribution in [3.63, 3.8) is 0 Å². The molecule has 0 radical (unpaired) electrons. The summed E-state index contributed by atoms with van der Waals surface area (Å²) in [6, 6.07) is 15.4.